The fraction of sp³-hybridized carbons (Fsp3) is 0.714. The molecule has 0 bridgehead atoms. The van der Waals surface area contributed by atoms with Crippen LogP contribution in [0.4, 0.5) is 11.6 Å². The van der Waals surface area contributed by atoms with Gasteiger partial charge >= 0.3 is 0 Å². The van der Waals surface area contributed by atoms with Gasteiger partial charge in [0.2, 0.25) is 0 Å². The van der Waals surface area contributed by atoms with Gasteiger partial charge in [0.15, 0.2) is 5.82 Å². The Hall–Kier alpha value is -0.660. The Morgan fingerprint density at radius 3 is 2.71 bits per heavy atom. The zero-order chi connectivity index (χ0) is 14.9. The summed E-state index contributed by atoms with van der Waals surface area (Å²) in [5.41, 5.74) is 0. The van der Waals surface area contributed by atoms with E-state index in [4.69, 9.17) is 4.74 Å². The maximum absolute atomic E-state index is 5.41. The molecular weight excluding hydrogens is 304 g/mol. The molecule has 1 aromatic heterocycles. The molecule has 118 valence electrons. The van der Waals surface area contributed by atoms with Crippen molar-refractivity contribution >= 4 is 35.2 Å². The van der Waals surface area contributed by atoms with Crippen molar-refractivity contribution in [1.82, 2.24) is 9.97 Å². The Morgan fingerprint density at radius 1 is 1.24 bits per heavy atom. The minimum atomic E-state index is 0.457. The minimum absolute atomic E-state index is 0.457. The van der Waals surface area contributed by atoms with Crippen LogP contribution in [-0.2, 0) is 11.3 Å². The maximum atomic E-state index is 5.41. The summed E-state index contributed by atoms with van der Waals surface area (Å²) >= 11 is 4.09. The Labute approximate surface area is 135 Å². The molecule has 2 N–H and O–H groups in total. The van der Waals surface area contributed by atoms with Gasteiger partial charge in [0, 0.05) is 48.3 Å². The van der Waals surface area contributed by atoms with Gasteiger partial charge in [-0.15, -0.1) is 0 Å². The Kier molecular flexibility index (Phi) is 7.46. The molecule has 1 aliphatic heterocycles. The second-order valence-corrected chi connectivity index (χ2v) is 7.23. The lowest BCUT2D eigenvalue weighted by molar-refractivity contribution is 0.128. The molecule has 0 spiro atoms. The van der Waals surface area contributed by atoms with Crippen molar-refractivity contribution < 1.29 is 4.74 Å². The minimum Gasteiger partial charge on any atom is -0.374 e. The molecule has 0 aliphatic carbocycles. The quantitative estimate of drug-likeness (QED) is 0.761. The summed E-state index contributed by atoms with van der Waals surface area (Å²) in [6, 6.07) is 1.97. The van der Waals surface area contributed by atoms with E-state index in [0.29, 0.717) is 18.5 Å². The molecule has 2 rings (SSSR count). The summed E-state index contributed by atoms with van der Waals surface area (Å²) in [6.45, 7) is 6.97. The highest BCUT2D eigenvalue weighted by molar-refractivity contribution is 8.06. The lowest BCUT2D eigenvalue weighted by Gasteiger charge is -2.21. The fourth-order valence-electron chi connectivity index (χ4n) is 1.99. The van der Waals surface area contributed by atoms with Gasteiger partial charge < -0.3 is 15.4 Å². The van der Waals surface area contributed by atoms with E-state index in [1.807, 2.05) is 36.5 Å². The summed E-state index contributed by atoms with van der Waals surface area (Å²) in [7, 11) is 0. The fourth-order valence-corrected chi connectivity index (χ4v) is 4.60. The summed E-state index contributed by atoms with van der Waals surface area (Å²) < 4.78 is 5.41. The molecule has 1 unspecified atom stereocenters. The summed E-state index contributed by atoms with van der Waals surface area (Å²) in [4.78, 5) is 8.99. The van der Waals surface area contributed by atoms with Gasteiger partial charge in [-0.25, -0.2) is 9.97 Å². The third-order valence-corrected chi connectivity index (χ3v) is 5.81. The third-order valence-electron chi connectivity index (χ3n) is 2.96. The van der Waals surface area contributed by atoms with Gasteiger partial charge in [-0.05, 0) is 13.8 Å². The zero-order valence-corrected chi connectivity index (χ0v) is 14.4. The molecule has 0 aromatic carbocycles. The standard InChI is InChI=1S/C14H24N4OS2/c1-3-15-12-7-13(18-14(17-12)9-19-4-2)16-8-11-10-20-5-6-21-11/h7,11H,3-6,8-10H2,1-2H3,(H2,15,16,17,18). The van der Waals surface area contributed by atoms with E-state index in [-0.39, 0.29) is 0 Å². The molecular formula is C14H24N4OS2. The van der Waals surface area contributed by atoms with E-state index in [1.165, 1.54) is 17.3 Å². The molecule has 1 aliphatic rings. The first-order valence-corrected chi connectivity index (χ1v) is 9.65. The van der Waals surface area contributed by atoms with Gasteiger partial charge in [0.1, 0.15) is 18.2 Å². The van der Waals surface area contributed by atoms with Crippen molar-refractivity contribution in [2.75, 3.05) is 47.6 Å². The van der Waals surface area contributed by atoms with Gasteiger partial charge in [-0.2, -0.15) is 23.5 Å². The molecule has 0 saturated carbocycles. The molecule has 1 fully saturated rings. The van der Waals surface area contributed by atoms with Crippen LogP contribution in [0, 0.1) is 0 Å². The number of nitrogens with zero attached hydrogens (tertiary/aromatic N) is 2. The summed E-state index contributed by atoms with van der Waals surface area (Å²) in [6.07, 6.45) is 0. The molecule has 1 saturated heterocycles. The van der Waals surface area contributed by atoms with E-state index in [9.17, 15) is 0 Å². The SMILES string of the molecule is CCNc1cc(NCC2CSCCS2)nc(COCC)n1. The Morgan fingerprint density at radius 2 is 2.05 bits per heavy atom. The highest BCUT2D eigenvalue weighted by Crippen LogP contribution is 2.24. The topological polar surface area (TPSA) is 59.1 Å². The summed E-state index contributed by atoms with van der Waals surface area (Å²) in [5.74, 6) is 6.21. The predicted octanol–water partition coefficient (Wildman–Crippen LogP) is 2.71. The first-order chi connectivity index (χ1) is 10.3. The van der Waals surface area contributed by atoms with Crippen molar-refractivity contribution in [3.8, 4) is 0 Å². The smallest absolute Gasteiger partial charge is 0.158 e. The van der Waals surface area contributed by atoms with Crippen LogP contribution in [-0.4, -0.2) is 52.2 Å². The molecule has 5 nitrogen and oxygen atoms in total. The van der Waals surface area contributed by atoms with Crippen molar-refractivity contribution in [2.45, 2.75) is 25.7 Å². The van der Waals surface area contributed by atoms with Crippen LogP contribution >= 0.6 is 23.5 Å². The predicted molar refractivity (Wildman–Crippen MR) is 93.6 cm³/mol. The molecule has 1 aromatic rings. The van der Waals surface area contributed by atoms with Crippen LogP contribution in [0.3, 0.4) is 0 Å². The number of rotatable bonds is 8. The number of aromatic nitrogens is 2. The normalized spacial score (nSPS) is 18.5. The molecule has 0 amide bonds. The highest BCUT2D eigenvalue weighted by Gasteiger charge is 2.14. The first-order valence-electron chi connectivity index (χ1n) is 7.44. The molecule has 0 radical (unpaired) electrons. The lowest BCUT2D eigenvalue weighted by Crippen LogP contribution is -2.23. The van der Waals surface area contributed by atoms with Gasteiger partial charge in [0.25, 0.3) is 0 Å². The largest absolute Gasteiger partial charge is 0.374 e. The average Bonchev–Trinajstić information content (AvgIpc) is 2.52. The lowest BCUT2D eigenvalue weighted by atomic mass is 10.4. The molecule has 1 atom stereocenters. The monoisotopic (exact) mass is 328 g/mol. The number of ether oxygens (including phenoxy) is 1. The number of anilines is 2. The number of nitrogens with one attached hydrogen (secondary N) is 2. The second-order valence-electron chi connectivity index (χ2n) is 4.67. The molecule has 21 heavy (non-hydrogen) atoms. The van der Waals surface area contributed by atoms with E-state index < -0.39 is 0 Å². The second kappa shape index (κ2) is 9.38. The summed E-state index contributed by atoms with van der Waals surface area (Å²) in [5, 5.41) is 7.36. The van der Waals surface area contributed by atoms with E-state index in [2.05, 4.69) is 27.5 Å². The first kappa shape index (κ1) is 16.7. The van der Waals surface area contributed by atoms with Gasteiger partial charge in [0.05, 0.1) is 0 Å². The highest BCUT2D eigenvalue weighted by atomic mass is 32.2. The van der Waals surface area contributed by atoms with Crippen LogP contribution < -0.4 is 10.6 Å². The van der Waals surface area contributed by atoms with Crippen LogP contribution in [0.1, 0.15) is 19.7 Å². The molecule has 7 heteroatoms. The van der Waals surface area contributed by atoms with Gasteiger partial charge in [-0.1, -0.05) is 0 Å². The Balaban J connectivity index is 1.96. The third kappa shape index (κ3) is 5.92. The number of hydrogen-bond acceptors (Lipinski definition) is 7. The van der Waals surface area contributed by atoms with E-state index in [0.717, 1.165) is 30.5 Å². The van der Waals surface area contributed by atoms with Crippen molar-refractivity contribution in [2.24, 2.45) is 0 Å². The van der Waals surface area contributed by atoms with E-state index in [1.54, 1.807) is 0 Å². The van der Waals surface area contributed by atoms with Crippen LogP contribution in [0.5, 0.6) is 0 Å². The van der Waals surface area contributed by atoms with Crippen molar-refractivity contribution in [3.63, 3.8) is 0 Å². The van der Waals surface area contributed by atoms with Gasteiger partial charge in [-0.3, -0.25) is 0 Å². The maximum Gasteiger partial charge on any atom is 0.158 e. The van der Waals surface area contributed by atoms with Crippen LogP contribution in [0.2, 0.25) is 0 Å². The Bertz CT molecular complexity index is 427. The zero-order valence-electron chi connectivity index (χ0n) is 12.7. The molecule has 2 heterocycles. The van der Waals surface area contributed by atoms with Crippen molar-refractivity contribution in [3.05, 3.63) is 11.9 Å². The number of hydrogen-bond donors (Lipinski definition) is 2. The van der Waals surface area contributed by atoms with Crippen molar-refractivity contribution in [1.29, 1.82) is 0 Å². The average molecular weight is 329 g/mol. The van der Waals surface area contributed by atoms with Crippen LogP contribution in [0.25, 0.3) is 0 Å². The van der Waals surface area contributed by atoms with E-state index >= 15 is 0 Å². The number of thioether (sulfide) groups is 2. The van der Waals surface area contributed by atoms with Crippen LogP contribution in [0.15, 0.2) is 6.07 Å².